The number of rotatable bonds is 17. The number of sulfonamides is 1. The Morgan fingerprint density at radius 2 is 1.72 bits per heavy atom. The Kier molecular flexibility index (Phi) is 15.8. The minimum Gasteiger partial charge on any atom is -0.629 e. The van der Waals surface area contributed by atoms with Crippen molar-refractivity contribution in [1.29, 1.82) is 0 Å². The summed E-state index contributed by atoms with van der Waals surface area (Å²) in [7, 11) is -0.211. The molecule has 1 aliphatic carbocycles. The highest BCUT2D eigenvalue weighted by molar-refractivity contribution is 7.90. The lowest BCUT2D eigenvalue weighted by molar-refractivity contribution is -0.751. The molecule has 3 aromatic heterocycles. The number of quaternary nitrogens is 1. The van der Waals surface area contributed by atoms with Crippen LogP contribution in [0, 0.1) is 16.9 Å². The number of aliphatic hydroxyl groups is 1. The number of pyridine rings is 2. The van der Waals surface area contributed by atoms with Gasteiger partial charge in [-0.15, -0.1) is 0 Å². The number of piperazine rings is 1. The number of hydrogen-bond acceptors (Lipinski definition) is 14. The second-order valence-electron chi connectivity index (χ2n) is 20.5. The molecule has 2 saturated heterocycles. The Balaban J connectivity index is 0.954. The lowest BCUT2D eigenvalue weighted by atomic mass is 9.80. The number of hydrogen-bond donors (Lipinski definition) is 5. The number of nitrogens with one attached hydrogen (secondary N) is 4. The van der Waals surface area contributed by atoms with Gasteiger partial charge in [0.25, 0.3) is 21.8 Å². The van der Waals surface area contributed by atoms with E-state index in [9.17, 15) is 27.9 Å². The fourth-order valence-corrected chi connectivity index (χ4v) is 11.7. The maximum Gasteiger partial charge on any atom is 0.268 e. The number of methoxy groups -OCH3 is 2. The predicted octanol–water partition coefficient (Wildman–Crippen LogP) is 7.67. The zero-order valence-corrected chi connectivity index (χ0v) is 43.8. The number of nitrogens with zero attached hydrogens (tertiary/aromatic N) is 5. The van der Waals surface area contributed by atoms with Crippen LogP contribution in [-0.4, -0.2) is 116 Å². The lowest BCUT2D eigenvalue weighted by Crippen LogP contribution is -2.98. The number of hydroxylamine groups is 1. The molecule has 9 rings (SSSR count). The number of ether oxygens (including phenoxy) is 3. The van der Waals surface area contributed by atoms with E-state index in [1.807, 2.05) is 19.1 Å². The van der Waals surface area contributed by atoms with E-state index in [2.05, 4.69) is 89.9 Å². The number of aromatic nitrogens is 3. The van der Waals surface area contributed by atoms with Crippen LogP contribution in [0.1, 0.15) is 98.3 Å². The second-order valence-corrected chi connectivity index (χ2v) is 22.2. The Morgan fingerprint density at radius 3 is 2.42 bits per heavy atom. The molecule has 1 amide bonds. The van der Waals surface area contributed by atoms with Gasteiger partial charge in [0, 0.05) is 88.0 Å². The lowest BCUT2D eigenvalue weighted by Gasteiger charge is -2.48. The Morgan fingerprint density at radius 1 is 0.973 bits per heavy atom. The Hall–Kier alpha value is -6.35. The number of halogens is 1. The van der Waals surface area contributed by atoms with Gasteiger partial charge in [-0.2, -0.15) is 4.98 Å². The normalized spacial score (nSPS) is 20.6. The van der Waals surface area contributed by atoms with E-state index in [0.29, 0.717) is 44.4 Å². The molecule has 3 fully saturated rings. The number of carbonyl (C=O) groups is 1. The molecule has 74 heavy (non-hydrogen) atoms. The van der Waals surface area contributed by atoms with Crippen LogP contribution in [-0.2, 0) is 16.6 Å². The van der Waals surface area contributed by atoms with Gasteiger partial charge in [-0.1, -0.05) is 50.2 Å². The van der Waals surface area contributed by atoms with Crippen molar-refractivity contribution >= 4 is 44.2 Å². The highest BCUT2D eigenvalue weighted by atomic mass is 32.2. The molecule has 17 nitrogen and oxygen atoms in total. The number of piperidine rings is 1. The SMILES string of the molecule is COc1ccc(CN2CCN(C3CCN(c4ccc(C(=O)NS(=O)(=O)c5cnc(NC[C@H]6CC[C@](C)(O)CC6)c([NH+](C)[O-])c5)c(Oc5cc6c(F)c[nH]c6nc5OC)c4)CC3)[C@H](c3ccccc3C(C)C)C2)cc1. The minimum absolute atomic E-state index is 0.00196. The van der Waals surface area contributed by atoms with Gasteiger partial charge < -0.3 is 44.8 Å². The first-order valence-electron chi connectivity index (χ1n) is 25.5. The molecule has 0 radical (unpaired) electrons. The molecule has 5 N–H and O–H groups in total. The summed E-state index contributed by atoms with van der Waals surface area (Å²) in [5, 5.41) is 26.2. The summed E-state index contributed by atoms with van der Waals surface area (Å²) < 4.78 is 62.5. The summed E-state index contributed by atoms with van der Waals surface area (Å²) in [6.07, 6.45) is 6.90. The molecule has 1 unspecified atom stereocenters. The van der Waals surface area contributed by atoms with E-state index in [1.165, 1.54) is 55.2 Å². The van der Waals surface area contributed by atoms with Crippen molar-refractivity contribution in [2.24, 2.45) is 5.92 Å². The molecule has 1 saturated carbocycles. The van der Waals surface area contributed by atoms with Gasteiger partial charge >= 0.3 is 0 Å². The molecule has 0 spiro atoms. The summed E-state index contributed by atoms with van der Waals surface area (Å²) in [4.78, 5) is 32.9. The molecule has 3 aromatic carbocycles. The largest absolute Gasteiger partial charge is 0.629 e. The van der Waals surface area contributed by atoms with Crippen LogP contribution in [0.5, 0.6) is 23.1 Å². The van der Waals surface area contributed by atoms with Crippen LogP contribution >= 0.6 is 0 Å². The number of amides is 1. The fourth-order valence-electron chi connectivity index (χ4n) is 10.8. The molecular formula is C55H68FN9O8S. The van der Waals surface area contributed by atoms with E-state index in [-0.39, 0.29) is 62.3 Å². The van der Waals surface area contributed by atoms with Crippen molar-refractivity contribution in [1.82, 2.24) is 29.5 Å². The van der Waals surface area contributed by atoms with Crippen molar-refractivity contribution in [3.8, 4) is 23.1 Å². The molecular weight excluding hydrogens is 966 g/mol. The summed E-state index contributed by atoms with van der Waals surface area (Å²) in [5.41, 5.74) is 4.14. The van der Waals surface area contributed by atoms with Crippen molar-refractivity contribution in [3.63, 3.8) is 0 Å². The zero-order valence-electron chi connectivity index (χ0n) is 43.0. The molecule has 2 atom stereocenters. The first-order valence-corrected chi connectivity index (χ1v) is 27.0. The van der Waals surface area contributed by atoms with E-state index < -0.39 is 32.4 Å². The standard InChI is InChI=1S/C55H68FN9O8S/c1-35(2)42-9-7-8-10-43(42)48-34-63(33-37-11-14-40(71-5)15-12-37)25-26-65(48)38-19-23-64(24-20-38)39-13-16-44(49(27-39)73-50-29-45-46(56)32-59-51(45)60-54(50)72-6)53(66)61-74(69,70)41-28-47(62(4)68)52(58-31-41)57-30-36-17-21-55(3,67)22-18-36/h7-16,27-29,31-32,35-36,38,48,62,67H,17-26,30,33-34H2,1-6H3,(H,57,58)(H,59,60)(H,61,66)/t36-,48-,55-/m0/s1. The Labute approximate surface area is 432 Å². The van der Waals surface area contributed by atoms with E-state index in [0.717, 1.165) is 69.5 Å². The van der Waals surface area contributed by atoms with Crippen molar-refractivity contribution in [3.05, 3.63) is 125 Å². The average molecular weight is 1030 g/mol. The number of carbonyl (C=O) groups excluding carboxylic acids is 1. The van der Waals surface area contributed by atoms with Crippen LogP contribution < -0.4 is 34.2 Å². The van der Waals surface area contributed by atoms with Crippen LogP contribution in [0.4, 0.5) is 21.6 Å². The fraction of sp³-hybridized carbons (Fsp3) is 0.436. The van der Waals surface area contributed by atoms with E-state index >= 15 is 0 Å². The third-order valence-corrected chi connectivity index (χ3v) is 16.3. The highest BCUT2D eigenvalue weighted by Crippen LogP contribution is 2.40. The van der Waals surface area contributed by atoms with Gasteiger partial charge in [0.2, 0.25) is 0 Å². The van der Waals surface area contributed by atoms with Crippen molar-refractivity contribution in [2.45, 2.75) is 94.3 Å². The van der Waals surface area contributed by atoms with E-state index in [1.54, 1.807) is 19.2 Å². The maximum atomic E-state index is 14.9. The van der Waals surface area contributed by atoms with Crippen molar-refractivity contribution in [2.75, 3.05) is 70.8 Å². The molecule has 6 aromatic rings. The second kappa shape index (κ2) is 22.2. The summed E-state index contributed by atoms with van der Waals surface area (Å²) in [6.45, 7) is 11.8. The number of aromatic amines is 1. The molecule has 0 bridgehead atoms. The molecule has 5 heterocycles. The first-order chi connectivity index (χ1) is 35.5. The van der Waals surface area contributed by atoms with Gasteiger partial charge in [0.05, 0.1) is 44.0 Å². The van der Waals surface area contributed by atoms with Crippen molar-refractivity contribution < 1.29 is 42.0 Å². The third kappa shape index (κ3) is 11.8. The van der Waals surface area contributed by atoms with Crippen LogP contribution in [0.2, 0.25) is 0 Å². The molecule has 394 valence electrons. The summed E-state index contributed by atoms with van der Waals surface area (Å²) in [6, 6.07) is 25.2. The number of benzene rings is 3. The topological polar surface area (TPSA) is 202 Å². The van der Waals surface area contributed by atoms with Crippen LogP contribution in [0.25, 0.3) is 11.0 Å². The molecule has 3 aliphatic rings. The number of H-pyrrole nitrogens is 1. The van der Waals surface area contributed by atoms with Gasteiger partial charge in [-0.05, 0) is 98.2 Å². The van der Waals surface area contributed by atoms with Gasteiger partial charge in [0.1, 0.15) is 27.9 Å². The molecule has 2 aliphatic heterocycles. The quantitative estimate of drug-likeness (QED) is 0.0557. The summed E-state index contributed by atoms with van der Waals surface area (Å²) in [5.74, 6) is 0.0797. The van der Waals surface area contributed by atoms with Crippen LogP contribution in [0.15, 0.2) is 96.2 Å². The summed E-state index contributed by atoms with van der Waals surface area (Å²) >= 11 is 0. The predicted molar refractivity (Wildman–Crippen MR) is 282 cm³/mol. The minimum atomic E-state index is -4.60. The average Bonchev–Trinajstić information content (AvgIpc) is 3.76. The number of anilines is 2. The monoisotopic (exact) mass is 1030 g/mol. The zero-order chi connectivity index (χ0) is 52.3. The maximum absolute atomic E-state index is 14.9. The Bertz CT molecular complexity index is 3040. The first kappa shape index (κ1) is 52.5. The van der Waals surface area contributed by atoms with Gasteiger partial charge in [-0.3, -0.25) is 14.6 Å². The van der Waals surface area contributed by atoms with E-state index in [4.69, 9.17) is 14.2 Å². The number of fused-ring (bicyclic) bond motifs is 1. The van der Waals surface area contributed by atoms with Crippen LogP contribution in [0.3, 0.4) is 0 Å². The van der Waals surface area contributed by atoms with Gasteiger partial charge in [-0.25, -0.2) is 22.5 Å². The highest BCUT2D eigenvalue weighted by Gasteiger charge is 2.37. The smallest absolute Gasteiger partial charge is 0.268 e. The third-order valence-electron chi connectivity index (χ3n) is 15.0. The van der Waals surface area contributed by atoms with Gasteiger partial charge in [0.15, 0.2) is 17.3 Å². The molecule has 19 heteroatoms.